The molecular weight excluding hydrogens is 333 g/mol. The van der Waals surface area contributed by atoms with E-state index < -0.39 is 6.17 Å². The van der Waals surface area contributed by atoms with Gasteiger partial charge in [0.15, 0.2) is 0 Å². The number of aromatic nitrogens is 3. The Hall–Kier alpha value is -1.89. The number of pyridine rings is 1. The van der Waals surface area contributed by atoms with Gasteiger partial charge in [0.05, 0.1) is 11.6 Å². The third-order valence-corrected chi connectivity index (χ3v) is 5.42. The fourth-order valence-electron chi connectivity index (χ4n) is 4.16. The zero-order chi connectivity index (χ0) is 15.6. The first-order valence-electron chi connectivity index (χ1n) is 8.22. The molecule has 2 bridgehead atoms. The smallest absolute Gasteiger partial charge is 0.229 e. The monoisotopic (exact) mass is 351 g/mol. The average molecular weight is 352 g/mol. The van der Waals surface area contributed by atoms with E-state index >= 15 is 0 Å². The van der Waals surface area contributed by atoms with E-state index in [1.807, 2.05) is 11.0 Å². The number of carbonyl (C=O) groups excluding carboxylic acids is 1. The third-order valence-electron chi connectivity index (χ3n) is 5.42. The van der Waals surface area contributed by atoms with Crippen molar-refractivity contribution in [2.24, 2.45) is 5.92 Å². The van der Waals surface area contributed by atoms with E-state index in [0.717, 1.165) is 42.7 Å². The summed E-state index contributed by atoms with van der Waals surface area (Å²) in [6.07, 6.45) is 5.10. The number of halogens is 2. The molecule has 3 aliphatic rings. The summed E-state index contributed by atoms with van der Waals surface area (Å²) in [5.74, 6) is -0.340. The molecule has 1 aliphatic carbocycles. The van der Waals surface area contributed by atoms with Crippen molar-refractivity contribution in [3.05, 3.63) is 18.5 Å². The number of fused-ring (bicyclic) bond motifs is 3. The summed E-state index contributed by atoms with van der Waals surface area (Å²) in [5, 5.41) is 7.17. The second-order valence-electron chi connectivity index (χ2n) is 6.84. The van der Waals surface area contributed by atoms with E-state index in [-0.39, 0.29) is 36.3 Å². The van der Waals surface area contributed by atoms with Gasteiger partial charge in [-0.2, -0.15) is 5.10 Å². The normalized spacial score (nSPS) is 31.2. The Morgan fingerprint density at radius 2 is 2.00 bits per heavy atom. The molecule has 4 heterocycles. The largest absolute Gasteiger partial charge is 0.365 e. The molecule has 1 N–H and O–H groups in total. The van der Waals surface area contributed by atoms with Gasteiger partial charge in [0.1, 0.15) is 17.2 Å². The summed E-state index contributed by atoms with van der Waals surface area (Å²) in [6, 6.07) is 2.37. The molecule has 8 heteroatoms. The van der Waals surface area contributed by atoms with Crippen LogP contribution >= 0.6 is 12.4 Å². The molecule has 0 radical (unpaired) electrons. The molecule has 1 amide bonds. The number of alkyl halides is 1. The molecule has 0 spiro atoms. The lowest BCUT2D eigenvalue weighted by atomic mass is 10.1. The number of piperazine rings is 1. The first-order chi connectivity index (χ1) is 11.2. The van der Waals surface area contributed by atoms with Crippen LogP contribution in [0.3, 0.4) is 0 Å². The lowest BCUT2D eigenvalue weighted by Gasteiger charge is -2.42. The fraction of sp³-hybridized carbons (Fsp3) is 0.562. The first-order valence-corrected chi connectivity index (χ1v) is 8.22. The van der Waals surface area contributed by atoms with E-state index in [9.17, 15) is 9.18 Å². The van der Waals surface area contributed by atoms with Crippen molar-refractivity contribution in [3.8, 4) is 0 Å². The zero-order valence-electron chi connectivity index (χ0n) is 13.1. The Labute approximate surface area is 144 Å². The van der Waals surface area contributed by atoms with Crippen molar-refractivity contribution in [2.75, 3.05) is 18.0 Å². The van der Waals surface area contributed by atoms with Crippen LogP contribution in [-0.4, -0.2) is 57.3 Å². The van der Waals surface area contributed by atoms with Crippen LogP contribution < -0.4 is 4.90 Å². The van der Waals surface area contributed by atoms with Gasteiger partial charge in [0.2, 0.25) is 5.91 Å². The van der Waals surface area contributed by atoms with Crippen LogP contribution in [0.25, 0.3) is 11.0 Å². The molecule has 0 aromatic carbocycles. The highest BCUT2D eigenvalue weighted by atomic mass is 35.5. The molecule has 5 rings (SSSR count). The predicted molar refractivity (Wildman–Crippen MR) is 90.0 cm³/mol. The molecule has 24 heavy (non-hydrogen) atoms. The minimum Gasteiger partial charge on any atom is -0.365 e. The number of nitrogens with zero attached hydrogens (tertiary/aromatic N) is 4. The van der Waals surface area contributed by atoms with Crippen LogP contribution in [0.2, 0.25) is 0 Å². The van der Waals surface area contributed by atoms with E-state index in [2.05, 4.69) is 20.1 Å². The van der Waals surface area contributed by atoms with E-state index in [1.165, 1.54) is 0 Å². The van der Waals surface area contributed by atoms with Gasteiger partial charge in [-0.3, -0.25) is 14.9 Å². The summed E-state index contributed by atoms with van der Waals surface area (Å²) in [7, 11) is 0. The van der Waals surface area contributed by atoms with Gasteiger partial charge in [0, 0.05) is 37.6 Å². The molecule has 2 saturated heterocycles. The van der Waals surface area contributed by atoms with Crippen LogP contribution in [-0.2, 0) is 4.79 Å². The standard InChI is InChI=1S/C16H18FN5O.ClH/c17-12-5-11(12)16(23)22-9-1-2-10(22)8-21(7-9)14-3-4-18-13-6-19-20-15(13)14;/h3-4,6,9-12H,1-2,5,7-8H2,(H,19,20);1H/t9?,10?,11-,12-;/m1./s1. The Morgan fingerprint density at radius 3 is 2.67 bits per heavy atom. The van der Waals surface area contributed by atoms with Crippen molar-refractivity contribution < 1.29 is 9.18 Å². The molecule has 4 atom stereocenters. The summed E-state index contributed by atoms with van der Waals surface area (Å²) in [6.45, 7) is 1.58. The second kappa shape index (κ2) is 5.58. The first kappa shape index (κ1) is 15.6. The van der Waals surface area contributed by atoms with E-state index in [4.69, 9.17) is 0 Å². The number of anilines is 1. The predicted octanol–water partition coefficient (Wildman–Crippen LogP) is 1.92. The Balaban J connectivity index is 0.00000146. The summed E-state index contributed by atoms with van der Waals surface area (Å²) in [4.78, 5) is 21.1. The summed E-state index contributed by atoms with van der Waals surface area (Å²) < 4.78 is 13.3. The molecule has 2 aliphatic heterocycles. The molecule has 128 valence electrons. The number of carbonyl (C=O) groups is 1. The third kappa shape index (κ3) is 2.25. The summed E-state index contributed by atoms with van der Waals surface area (Å²) in [5.41, 5.74) is 2.79. The van der Waals surface area contributed by atoms with Gasteiger partial charge in [-0.05, 0) is 25.3 Å². The van der Waals surface area contributed by atoms with Gasteiger partial charge in [0.25, 0.3) is 0 Å². The maximum atomic E-state index is 13.3. The molecule has 2 aromatic heterocycles. The number of amides is 1. The van der Waals surface area contributed by atoms with Crippen LogP contribution in [0.15, 0.2) is 18.5 Å². The van der Waals surface area contributed by atoms with Gasteiger partial charge >= 0.3 is 0 Å². The molecule has 3 fully saturated rings. The average Bonchev–Trinajstić information content (AvgIpc) is 2.99. The van der Waals surface area contributed by atoms with Crippen molar-refractivity contribution in [2.45, 2.75) is 37.5 Å². The highest BCUT2D eigenvalue weighted by Gasteiger charge is 2.51. The molecule has 2 unspecified atom stereocenters. The van der Waals surface area contributed by atoms with Gasteiger partial charge in [-0.25, -0.2) is 4.39 Å². The highest BCUT2D eigenvalue weighted by molar-refractivity contribution is 5.88. The quantitative estimate of drug-likeness (QED) is 0.897. The van der Waals surface area contributed by atoms with Crippen LogP contribution in [0.1, 0.15) is 19.3 Å². The number of nitrogens with one attached hydrogen (secondary N) is 1. The van der Waals surface area contributed by atoms with E-state index in [0.29, 0.717) is 6.42 Å². The number of hydrogen-bond donors (Lipinski definition) is 1. The van der Waals surface area contributed by atoms with Crippen molar-refractivity contribution >= 4 is 35.0 Å². The maximum absolute atomic E-state index is 13.3. The molecule has 2 aromatic rings. The van der Waals surface area contributed by atoms with Crippen LogP contribution in [0.5, 0.6) is 0 Å². The lowest BCUT2D eigenvalue weighted by Crippen LogP contribution is -2.56. The molecule has 1 saturated carbocycles. The Morgan fingerprint density at radius 1 is 1.29 bits per heavy atom. The SMILES string of the molecule is Cl.O=C([C@@H]1C[C@H]1F)N1C2CCC1CN(c1ccnc3c[nH]nc13)C2. The van der Waals surface area contributed by atoms with Gasteiger partial charge < -0.3 is 9.80 Å². The number of hydrogen-bond acceptors (Lipinski definition) is 4. The minimum atomic E-state index is -0.913. The molecule has 6 nitrogen and oxygen atoms in total. The fourth-order valence-corrected chi connectivity index (χ4v) is 4.16. The van der Waals surface area contributed by atoms with Crippen LogP contribution in [0.4, 0.5) is 10.1 Å². The van der Waals surface area contributed by atoms with Gasteiger partial charge in [-0.15, -0.1) is 12.4 Å². The number of aromatic amines is 1. The second-order valence-corrected chi connectivity index (χ2v) is 6.84. The minimum absolute atomic E-state index is 0. The Kier molecular flexibility index (Phi) is 3.63. The van der Waals surface area contributed by atoms with Gasteiger partial charge in [-0.1, -0.05) is 0 Å². The summed E-state index contributed by atoms with van der Waals surface area (Å²) >= 11 is 0. The number of H-pyrrole nitrogens is 1. The highest BCUT2D eigenvalue weighted by Crippen LogP contribution is 2.41. The van der Waals surface area contributed by atoms with Crippen LogP contribution in [0, 0.1) is 5.92 Å². The van der Waals surface area contributed by atoms with E-state index in [1.54, 1.807) is 12.4 Å². The topological polar surface area (TPSA) is 65.1 Å². The Bertz CT molecular complexity index is 769. The maximum Gasteiger partial charge on any atom is 0.229 e. The molecular formula is C16H19ClFN5O. The number of rotatable bonds is 2. The van der Waals surface area contributed by atoms with Crippen molar-refractivity contribution in [1.82, 2.24) is 20.1 Å². The van der Waals surface area contributed by atoms with Crippen molar-refractivity contribution in [1.29, 1.82) is 0 Å². The van der Waals surface area contributed by atoms with Crippen molar-refractivity contribution in [3.63, 3.8) is 0 Å². The lowest BCUT2D eigenvalue weighted by molar-refractivity contribution is -0.136. The zero-order valence-corrected chi connectivity index (χ0v) is 13.9.